The highest BCUT2D eigenvalue weighted by atomic mass is 79.9. The van der Waals surface area contributed by atoms with E-state index in [2.05, 4.69) is 44.6 Å². The Morgan fingerprint density at radius 2 is 2.33 bits per heavy atom. The van der Waals surface area contributed by atoms with E-state index in [1.54, 1.807) is 22.7 Å². The normalized spacial score (nSPS) is 12.9. The van der Waals surface area contributed by atoms with Crippen molar-refractivity contribution in [1.82, 2.24) is 10.3 Å². The highest BCUT2D eigenvalue weighted by molar-refractivity contribution is 9.10. The maximum atomic E-state index is 4.37. The minimum atomic E-state index is 0.226. The van der Waals surface area contributed by atoms with E-state index in [4.69, 9.17) is 0 Å². The van der Waals surface area contributed by atoms with Crippen LogP contribution in [0.1, 0.15) is 22.9 Å². The minimum Gasteiger partial charge on any atom is -0.304 e. The van der Waals surface area contributed by atoms with E-state index < -0.39 is 0 Å². The molecule has 80 valence electrons. The molecule has 0 aromatic carbocycles. The van der Waals surface area contributed by atoms with E-state index in [0.29, 0.717) is 0 Å². The maximum Gasteiger partial charge on any atom is 0.115 e. The summed E-state index contributed by atoms with van der Waals surface area (Å²) in [5, 5.41) is 8.69. The Morgan fingerprint density at radius 1 is 1.47 bits per heavy atom. The molecule has 0 aliphatic rings. The average Bonchev–Trinajstić information content (AvgIpc) is 2.85. The highest BCUT2D eigenvalue weighted by Gasteiger charge is 2.18. The summed E-state index contributed by atoms with van der Waals surface area (Å²) in [6, 6.07) is 2.31. The molecular weight excluding hydrogens is 292 g/mol. The fourth-order valence-electron chi connectivity index (χ4n) is 1.38. The molecule has 0 amide bonds. The molecule has 2 aromatic heterocycles. The van der Waals surface area contributed by atoms with Crippen molar-refractivity contribution in [2.45, 2.75) is 13.0 Å². The molecule has 2 nitrogen and oxygen atoms in total. The summed E-state index contributed by atoms with van der Waals surface area (Å²) >= 11 is 7.01. The first kappa shape index (κ1) is 11.3. The second-order valence-corrected chi connectivity index (χ2v) is 5.72. The molecule has 5 heteroatoms. The molecule has 0 radical (unpaired) electrons. The van der Waals surface area contributed by atoms with Crippen molar-refractivity contribution in [3.05, 3.63) is 37.4 Å². The van der Waals surface area contributed by atoms with Crippen molar-refractivity contribution >= 4 is 38.6 Å². The van der Waals surface area contributed by atoms with Crippen LogP contribution in [0.3, 0.4) is 0 Å². The van der Waals surface area contributed by atoms with Gasteiger partial charge in [-0.05, 0) is 33.9 Å². The van der Waals surface area contributed by atoms with Crippen LogP contribution in [-0.4, -0.2) is 11.5 Å². The fourth-order valence-corrected chi connectivity index (χ4v) is 3.86. The average molecular weight is 303 g/mol. The Kier molecular flexibility index (Phi) is 3.91. The SMILES string of the molecule is CCNC(c1nccs1)c1sccc1Br. The second kappa shape index (κ2) is 5.21. The zero-order chi connectivity index (χ0) is 10.7. The molecule has 15 heavy (non-hydrogen) atoms. The Morgan fingerprint density at radius 3 is 2.87 bits per heavy atom. The molecule has 2 aromatic rings. The summed E-state index contributed by atoms with van der Waals surface area (Å²) in [5.41, 5.74) is 0. The standard InChI is InChI=1S/C10H11BrN2S2/c1-2-12-8(10-13-4-6-15-10)9-7(11)3-5-14-9/h3-6,8,12H,2H2,1H3. The fraction of sp³-hybridized carbons (Fsp3) is 0.300. The Balaban J connectivity index is 2.32. The van der Waals surface area contributed by atoms with Gasteiger partial charge in [0.1, 0.15) is 5.01 Å². The van der Waals surface area contributed by atoms with Crippen molar-refractivity contribution in [3.8, 4) is 0 Å². The lowest BCUT2D eigenvalue weighted by Gasteiger charge is -2.14. The lowest BCUT2D eigenvalue weighted by molar-refractivity contribution is 0.634. The molecule has 0 saturated carbocycles. The minimum absolute atomic E-state index is 0.226. The van der Waals surface area contributed by atoms with Gasteiger partial charge in [-0.1, -0.05) is 6.92 Å². The van der Waals surface area contributed by atoms with Gasteiger partial charge in [-0.2, -0.15) is 0 Å². The molecule has 0 spiro atoms. The van der Waals surface area contributed by atoms with Gasteiger partial charge in [-0.25, -0.2) is 4.98 Å². The van der Waals surface area contributed by atoms with Crippen LogP contribution in [0.15, 0.2) is 27.5 Å². The lowest BCUT2D eigenvalue weighted by Crippen LogP contribution is -2.21. The third kappa shape index (κ3) is 2.47. The maximum absolute atomic E-state index is 4.37. The third-order valence-corrected chi connectivity index (χ3v) is 4.79. The number of nitrogens with one attached hydrogen (secondary N) is 1. The summed E-state index contributed by atoms with van der Waals surface area (Å²) in [5.74, 6) is 0. The smallest absolute Gasteiger partial charge is 0.115 e. The molecular formula is C10H11BrN2S2. The van der Waals surface area contributed by atoms with E-state index in [1.807, 2.05) is 11.6 Å². The van der Waals surface area contributed by atoms with Crippen molar-refractivity contribution < 1.29 is 0 Å². The number of thiophene rings is 1. The molecule has 0 bridgehead atoms. The van der Waals surface area contributed by atoms with Crippen LogP contribution < -0.4 is 5.32 Å². The van der Waals surface area contributed by atoms with Gasteiger partial charge in [0.15, 0.2) is 0 Å². The van der Waals surface area contributed by atoms with Crippen LogP contribution in [0.25, 0.3) is 0 Å². The van der Waals surface area contributed by atoms with E-state index in [0.717, 1.165) is 16.0 Å². The molecule has 0 fully saturated rings. The molecule has 1 unspecified atom stereocenters. The largest absolute Gasteiger partial charge is 0.304 e. The number of halogens is 1. The first-order valence-corrected chi connectivity index (χ1v) is 7.23. The van der Waals surface area contributed by atoms with Gasteiger partial charge >= 0.3 is 0 Å². The number of hydrogen-bond donors (Lipinski definition) is 1. The Labute approximate surface area is 106 Å². The second-order valence-electron chi connectivity index (χ2n) is 2.99. The Hall–Kier alpha value is -0.230. The Bertz CT molecular complexity index is 411. The van der Waals surface area contributed by atoms with Crippen LogP contribution >= 0.6 is 38.6 Å². The molecule has 0 aliphatic carbocycles. The van der Waals surface area contributed by atoms with Gasteiger partial charge in [-0.15, -0.1) is 22.7 Å². The number of rotatable bonds is 4. The van der Waals surface area contributed by atoms with Gasteiger partial charge in [-0.3, -0.25) is 0 Å². The van der Waals surface area contributed by atoms with Crippen LogP contribution in [-0.2, 0) is 0 Å². The number of thiazole rings is 1. The number of hydrogen-bond acceptors (Lipinski definition) is 4. The predicted octanol–water partition coefficient (Wildman–Crippen LogP) is 3.67. The van der Waals surface area contributed by atoms with Crippen molar-refractivity contribution in [2.24, 2.45) is 0 Å². The summed E-state index contributed by atoms with van der Waals surface area (Å²) in [7, 11) is 0. The summed E-state index contributed by atoms with van der Waals surface area (Å²) in [6.45, 7) is 3.05. The zero-order valence-electron chi connectivity index (χ0n) is 8.24. The predicted molar refractivity (Wildman–Crippen MR) is 69.7 cm³/mol. The van der Waals surface area contributed by atoms with Crippen molar-refractivity contribution in [3.63, 3.8) is 0 Å². The van der Waals surface area contributed by atoms with E-state index >= 15 is 0 Å². The van der Waals surface area contributed by atoms with Crippen LogP contribution in [0, 0.1) is 0 Å². The summed E-state index contributed by atoms with van der Waals surface area (Å²) in [6.07, 6.45) is 1.85. The molecule has 2 rings (SSSR count). The monoisotopic (exact) mass is 302 g/mol. The van der Waals surface area contributed by atoms with Gasteiger partial charge in [0, 0.05) is 20.9 Å². The first-order chi connectivity index (χ1) is 7.33. The van der Waals surface area contributed by atoms with E-state index in [1.165, 1.54) is 4.88 Å². The third-order valence-electron chi connectivity index (χ3n) is 2.01. The van der Waals surface area contributed by atoms with Crippen LogP contribution in [0.2, 0.25) is 0 Å². The molecule has 1 N–H and O–H groups in total. The van der Waals surface area contributed by atoms with E-state index in [9.17, 15) is 0 Å². The quantitative estimate of drug-likeness (QED) is 0.932. The van der Waals surface area contributed by atoms with E-state index in [-0.39, 0.29) is 6.04 Å². The first-order valence-electron chi connectivity index (χ1n) is 4.68. The van der Waals surface area contributed by atoms with Gasteiger partial charge in [0.2, 0.25) is 0 Å². The lowest BCUT2D eigenvalue weighted by atomic mass is 10.2. The van der Waals surface area contributed by atoms with Gasteiger partial charge in [0.05, 0.1) is 6.04 Å². The topological polar surface area (TPSA) is 24.9 Å². The van der Waals surface area contributed by atoms with Crippen LogP contribution in [0.4, 0.5) is 0 Å². The van der Waals surface area contributed by atoms with Crippen molar-refractivity contribution in [1.29, 1.82) is 0 Å². The number of nitrogens with zero attached hydrogens (tertiary/aromatic N) is 1. The van der Waals surface area contributed by atoms with Crippen molar-refractivity contribution in [2.75, 3.05) is 6.54 Å². The molecule has 0 aliphatic heterocycles. The number of aromatic nitrogens is 1. The van der Waals surface area contributed by atoms with Crippen LogP contribution in [0.5, 0.6) is 0 Å². The summed E-state index contributed by atoms with van der Waals surface area (Å²) < 4.78 is 1.16. The zero-order valence-corrected chi connectivity index (χ0v) is 11.5. The van der Waals surface area contributed by atoms with Gasteiger partial charge in [0.25, 0.3) is 0 Å². The summed E-state index contributed by atoms with van der Waals surface area (Å²) in [4.78, 5) is 5.67. The molecule has 0 saturated heterocycles. The molecule has 2 heterocycles. The van der Waals surface area contributed by atoms with Gasteiger partial charge < -0.3 is 5.32 Å². The highest BCUT2D eigenvalue weighted by Crippen LogP contribution is 2.33. The molecule has 1 atom stereocenters.